The van der Waals surface area contributed by atoms with Gasteiger partial charge in [0, 0.05) is 5.56 Å². The van der Waals surface area contributed by atoms with Crippen LogP contribution in [0.4, 0.5) is 0 Å². The van der Waals surface area contributed by atoms with E-state index in [1.54, 1.807) is 12.1 Å². The molecule has 0 fully saturated rings. The molecule has 0 aliphatic rings. The van der Waals surface area contributed by atoms with Crippen molar-refractivity contribution < 1.29 is 19.1 Å². The minimum atomic E-state index is -0.614. The van der Waals surface area contributed by atoms with E-state index in [0.29, 0.717) is 11.7 Å². The fourth-order valence-electron chi connectivity index (χ4n) is 2.29. The molecule has 5 heteroatoms. The van der Waals surface area contributed by atoms with Crippen molar-refractivity contribution in [3.8, 4) is 11.5 Å². The van der Waals surface area contributed by atoms with Crippen molar-refractivity contribution in [1.29, 1.82) is 0 Å². The van der Waals surface area contributed by atoms with E-state index in [0.717, 1.165) is 16.9 Å². The number of para-hydroxylation sites is 2. The van der Waals surface area contributed by atoms with Gasteiger partial charge in [-0.25, -0.2) is 4.79 Å². The summed E-state index contributed by atoms with van der Waals surface area (Å²) < 4.78 is 11.3. The predicted octanol–water partition coefficient (Wildman–Crippen LogP) is 3.96. The third kappa shape index (κ3) is 5.09. The topological polar surface area (TPSA) is 56.8 Å². The van der Waals surface area contributed by atoms with Gasteiger partial charge in [0.05, 0.1) is 7.11 Å². The number of rotatable bonds is 8. The first-order chi connectivity index (χ1) is 12.0. The van der Waals surface area contributed by atoms with Crippen LogP contribution in [-0.4, -0.2) is 13.1 Å². The van der Waals surface area contributed by atoms with E-state index in [2.05, 4.69) is 30.7 Å². The number of hydrogen-bond acceptors (Lipinski definition) is 5. The fraction of sp³-hybridized carbons (Fsp3) is 0.250. The molecule has 0 aliphatic carbocycles. The highest BCUT2D eigenvalue weighted by atomic mass is 16.6. The third-order valence-electron chi connectivity index (χ3n) is 3.57. The molecule has 132 valence electrons. The van der Waals surface area contributed by atoms with Crippen LogP contribution >= 0.6 is 0 Å². The molecule has 2 aromatic carbocycles. The van der Waals surface area contributed by atoms with Crippen molar-refractivity contribution in [3.63, 3.8) is 0 Å². The quantitative estimate of drug-likeness (QED) is 0.341. The van der Waals surface area contributed by atoms with Crippen molar-refractivity contribution in [1.82, 2.24) is 5.48 Å². The molecule has 0 saturated carbocycles. The number of carbonyl (C=O) groups is 1. The molecule has 0 atom stereocenters. The van der Waals surface area contributed by atoms with Crippen LogP contribution in [-0.2, 0) is 16.2 Å². The highest BCUT2D eigenvalue weighted by Gasteiger charge is 2.14. The smallest absolute Gasteiger partial charge is 0.361 e. The molecule has 25 heavy (non-hydrogen) atoms. The Balaban J connectivity index is 2.11. The Hall–Kier alpha value is -2.79. The van der Waals surface area contributed by atoms with Crippen LogP contribution in [0, 0.1) is 0 Å². The maximum Gasteiger partial charge on any atom is 0.361 e. The van der Waals surface area contributed by atoms with Crippen molar-refractivity contribution in [2.45, 2.75) is 26.4 Å². The lowest BCUT2D eigenvalue weighted by Gasteiger charge is -2.15. The minimum Gasteiger partial charge on any atom is -0.488 e. The zero-order valence-electron chi connectivity index (χ0n) is 14.7. The van der Waals surface area contributed by atoms with Gasteiger partial charge in [0.25, 0.3) is 0 Å². The van der Waals surface area contributed by atoms with Gasteiger partial charge in [0.1, 0.15) is 23.8 Å². The van der Waals surface area contributed by atoms with Crippen molar-refractivity contribution >= 4 is 5.97 Å². The maximum absolute atomic E-state index is 12.0. The lowest BCUT2D eigenvalue weighted by molar-refractivity contribution is -0.131. The Morgan fingerprint density at radius 1 is 1.08 bits per heavy atom. The Bertz CT molecular complexity index is 740. The molecule has 0 spiro atoms. The summed E-state index contributed by atoms with van der Waals surface area (Å²) in [6, 6.07) is 15.1. The number of ether oxygens (including phenoxy) is 2. The van der Waals surface area contributed by atoms with Gasteiger partial charge < -0.3 is 9.47 Å². The number of hydrogen-bond donors (Lipinski definition) is 1. The van der Waals surface area contributed by atoms with Crippen LogP contribution in [0.2, 0.25) is 0 Å². The van der Waals surface area contributed by atoms with E-state index >= 15 is 0 Å². The molecule has 2 rings (SSSR count). The molecular formula is C20H23NO4. The molecule has 2 aromatic rings. The molecule has 0 unspecified atom stereocenters. The molecule has 0 radical (unpaired) electrons. The molecule has 0 saturated heterocycles. The molecule has 0 heterocycles. The highest BCUT2D eigenvalue weighted by molar-refractivity contribution is 5.88. The second kappa shape index (κ2) is 8.89. The molecule has 0 bridgehead atoms. The molecular weight excluding hydrogens is 318 g/mol. The zero-order chi connectivity index (χ0) is 18.2. The highest BCUT2D eigenvalue weighted by Crippen LogP contribution is 2.28. The van der Waals surface area contributed by atoms with E-state index < -0.39 is 5.97 Å². The van der Waals surface area contributed by atoms with Crippen LogP contribution in [0.15, 0.2) is 60.8 Å². The molecule has 1 N–H and O–H groups in total. The lowest BCUT2D eigenvalue weighted by atomic mass is 10.0. The summed E-state index contributed by atoms with van der Waals surface area (Å²) in [5.74, 6) is 0.988. The van der Waals surface area contributed by atoms with Crippen LogP contribution < -0.4 is 15.0 Å². The van der Waals surface area contributed by atoms with E-state index in [1.165, 1.54) is 7.11 Å². The van der Waals surface area contributed by atoms with Gasteiger partial charge in [0.15, 0.2) is 0 Å². The number of nitrogens with one attached hydrogen (secondary N) is 1. The van der Waals surface area contributed by atoms with Gasteiger partial charge in [-0.2, -0.15) is 0 Å². The molecule has 0 aliphatic heterocycles. The second-order valence-electron chi connectivity index (χ2n) is 5.76. The van der Waals surface area contributed by atoms with Crippen LogP contribution in [0.3, 0.4) is 0 Å². The number of esters is 1. The normalized spacial score (nSPS) is 10.4. The first kappa shape index (κ1) is 18.5. The Morgan fingerprint density at radius 3 is 2.40 bits per heavy atom. The zero-order valence-corrected chi connectivity index (χ0v) is 14.7. The monoisotopic (exact) mass is 341 g/mol. The third-order valence-corrected chi connectivity index (χ3v) is 3.57. The van der Waals surface area contributed by atoms with Gasteiger partial charge in [-0.15, -0.1) is 0 Å². The van der Waals surface area contributed by atoms with E-state index in [1.807, 2.05) is 36.4 Å². The average Bonchev–Trinajstić information content (AvgIpc) is 2.61. The largest absolute Gasteiger partial charge is 0.488 e. The molecule has 5 nitrogen and oxygen atoms in total. The fourth-order valence-corrected chi connectivity index (χ4v) is 2.29. The van der Waals surface area contributed by atoms with Crippen LogP contribution in [0.25, 0.3) is 0 Å². The number of benzene rings is 2. The van der Waals surface area contributed by atoms with Crippen LogP contribution in [0.5, 0.6) is 11.5 Å². The van der Waals surface area contributed by atoms with E-state index in [4.69, 9.17) is 9.47 Å². The summed E-state index contributed by atoms with van der Waals surface area (Å²) in [4.78, 5) is 16.6. The number of carbonyl (C=O) groups excluding carboxylic acids is 1. The minimum absolute atomic E-state index is 0.0170. The van der Waals surface area contributed by atoms with Gasteiger partial charge in [-0.05, 0) is 23.6 Å². The summed E-state index contributed by atoms with van der Waals surface area (Å²) in [5, 5.41) is 0. The van der Waals surface area contributed by atoms with Crippen molar-refractivity contribution in [3.05, 3.63) is 71.9 Å². The van der Waals surface area contributed by atoms with Gasteiger partial charge in [0.2, 0.25) is 0 Å². The second-order valence-corrected chi connectivity index (χ2v) is 5.76. The Morgan fingerprint density at radius 2 is 1.72 bits per heavy atom. The van der Waals surface area contributed by atoms with E-state index in [-0.39, 0.29) is 12.3 Å². The van der Waals surface area contributed by atoms with Gasteiger partial charge in [-0.1, -0.05) is 56.8 Å². The molecule has 0 aromatic heterocycles. The first-order valence-electron chi connectivity index (χ1n) is 8.02. The maximum atomic E-state index is 12.0. The van der Waals surface area contributed by atoms with Crippen molar-refractivity contribution in [2.75, 3.05) is 7.11 Å². The Labute approximate surface area is 148 Å². The van der Waals surface area contributed by atoms with Crippen LogP contribution in [0.1, 0.15) is 30.9 Å². The summed E-state index contributed by atoms with van der Waals surface area (Å²) in [7, 11) is 1.40. The van der Waals surface area contributed by atoms with Gasteiger partial charge >= 0.3 is 5.97 Å². The summed E-state index contributed by atoms with van der Waals surface area (Å²) >= 11 is 0. The SMILES string of the molecule is C=C(NOC)C(=O)Oc1ccccc1COc1ccccc1C(C)C. The Kier molecular flexibility index (Phi) is 6.60. The van der Waals surface area contributed by atoms with Crippen molar-refractivity contribution in [2.24, 2.45) is 0 Å². The lowest BCUT2D eigenvalue weighted by Crippen LogP contribution is -2.22. The standard InChI is InChI=1S/C20H23NO4/c1-14(2)17-10-6-8-12-19(17)24-13-16-9-5-7-11-18(16)25-20(22)15(3)21-23-4/h5-12,14,21H,3,13H2,1-2,4H3. The summed E-state index contributed by atoms with van der Waals surface area (Å²) in [6.07, 6.45) is 0. The number of hydroxylamine groups is 1. The average molecular weight is 341 g/mol. The first-order valence-corrected chi connectivity index (χ1v) is 8.02. The summed E-state index contributed by atoms with van der Waals surface area (Å²) in [5.41, 5.74) is 4.28. The van der Waals surface area contributed by atoms with E-state index in [9.17, 15) is 4.79 Å². The molecule has 0 amide bonds. The summed E-state index contributed by atoms with van der Waals surface area (Å²) in [6.45, 7) is 8.08. The van der Waals surface area contributed by atoms with Gasteiger partial charge in [-0.3, -0.25) is 10.3 Å². The predicted molar refractivity (Wildman–Crippen MR) is 96.2 cm³/mol.